The zero-order valence-corrected chi connectivity index (χ0v) is 11.0. The van der Waals surface area contributed by atoms with Gasteiger partial charge in [0.25, 0.3) is 5.91 Å². The standard InChI is InChI=1S/C13H18ClNO2/c1-10(5-4-8-14)15-13(16)11-6-3-7-12(9-11)17-2/h3,6-7,9-10H,4-5,8H2,1-2H3,(H,15,16). The van der Waals surface area contributed by atoms with Gasteiger partial charge in [-0.1, -0.05) is 6.07 Å². The fourth-order valence-corrected chi connectivity index (χ4v) is 1.68. The molecule has 0 aliphatic rings. The van der Waals surface area contributed by atoms with Crippen LogP contribution < -0.4 is 10.1 Å². The minimum Gasteiger partial charge on any atom is -0.497 e. The summed E-state index contributed by atoms with van der Waals surface area (Å²) in [6, 6.07) is 7.24. The Morgan fingerprint density at radius 2 is 2.29 bits per heavy atom. The minimum atomic E-state index is -0.0778. The molecule has 1 aromatic rings. The van der Waals surface area contributed by atoms with E-state index in [0.717, 1.165) is 12.8 Å². The van der Waals surface area contributed by atoms with Crippen LogP contribution in [0.25, 0.3) is 0 Å². The number of carbonyl (C=O) groups excluding carboxylic acids is 1. The number of halogens is 1. The third kappa shape index (κ3) is 4.65. The monoisotopic (exact) mass is 255 g/mol. The predicted octanol–water partition coefficient (Wildman–Crippen LogP) is 2.83. The van der Waals surface area contributed by atoms with Crippen LogP contribution in [-0.2, 0) is 0 Å². The molecule has 0 bridgehead atoms. The van der Waals surface area contributed by atoms with Gasteiger partial charge in [-0.25, -0.2) is 0 Å². The molecule has 1 amide bonds. The van der Waals surface area contributed by atoms with Crippen molar-refractivity contribution in [3.63, 3.8) is 0 Å². The highest BCUT2D eigenvalue weighted by atomic mass is 35.5. The summed E-state index contributed by atoms with van der Waals surface area (Å²) in [6.07, 6.45) is 1.79. The Balaban J connectivity index is 2.56. The van der Waals surface area contributed by atoms with Crippen LogP contribution in [0.15, 0.2) is 24.3 Å². The van der Waals surface area contributed by atoms with Gasteiger partial charge in [0, 0.05) is 17.5 Å². The summed E-state index contributed by atoms with van der Waals surface area (Å²) in [5.74, 6) is 1.23. The average molecular weight is 256 g/mol. The van der Waals surface area contributed by atoms with Crippen LogP contribution in [-0.4, -0.2) is 24.9 Å². The van der Waals surface area contributed by atoms with Crippen molar-refractivity contribution in [3.8, 4) is 5.75 Å². The first-order valence-electron chi connectivity index (χ1n) is 5.68. The van der Waals surface area contributed by atoms with Gasteiger partial charge in [0.2, 0.25) is 0 Å². The molecule has 0 heterocycles. The van der Waals surface area contributed by atoms with E-state index in [9.17, 15) is 4.79 Å². The lowest BCUT2D eigenvalue weighted by Gasteiger charge is -2.13. The Morgan fingerprint density at radius 3 is 2.94 bits per heavy atom. The molecule has 94 valence electrons. The van der Waals surface area contributed by atoms with Gasteiger partial charge in [0.1, 0.15) is 5.75 Å². The van der Waals surface area contributed by atoms with E-state index in [0.29, 0.717) is 17.2 Å². The molecule has 17 heavy (non-hydrogen) atoms. The third-order valence-corrected chi connectivity index (χ3v) is 2.75. The van der Waals surface area contributed by atoms with Crippen LogP contribution in [0.3, 0.4) is 0 Å². The zero-order chi connectivity index (χ0) is 12.7. The molecule has 0 fully saturated rings. The first kappa shape index (κ1) is 13.8. The van der Waals surface area contributed by atoms with Gasteiger partial charge in [0.15, 0.2) is 0 Å². The van der Waals surface area contributed by atoms with E-state index in [-0.39, 0.29) is 11.9 Å². The minimum absolute atomic E-state index is 0.0778. The van der Waals surface area contributed by atoms with Crippen molar-refractivity contribution in [2.75, 3.05) is 13.0 Å². The van der Waals surface area contributed by atoms with Gasteiger partial charge in [-0.15, -0.1) is 11.6 Å². The first-order chi connectivity index (χ1) is 8.17. The lowest BCUT2D eigenvalue weighted by molar-refractivity contribution is 0.0938. The number of alkyl halides is 1. The Labute approximate surface area is 107 Å². The third-order valence-electron chi connectivity index (χ3n) is 2.48. The van der Waals surface area contributed by atoms with Crippen LogP contribution in [0.1, 0.15) is 30.1 Å². The molecule has 1 N–H and O–H groups in total. The normalized spacial score (nSPS) is 11.9. The lowest BCUT2D eigenvalue weighted by atomic mass is 10.1. The molecule has 0 aliphatic heterocycles. The van der Waals surface area contributed by atoms with E-state index in [1.807, 2.05) is 13.0 Å². The summed E-state index contributed by atoms with van der Waals surface area (Å²) in [4.78, 5) is 11.9. The summed E-state index contributed by atoms with van der Waals surface area (Å²) >= 11 is 5.61. The summed E-state index contributed by atoms with van der Waals surface area (Å²) in [6.45, 7) is 1.98. The van der Waals surface area contributed by atoms with Crippen molar-refractivity contribution in [3.05, 3.63) is 29.8 Å². The maximum absolute atomic E-state index is 11.9. The molecule has 4 heteroatoms. The Morgan fingerprint density at radius 1 is 1.53 bits per heavy atom. The fourth-order valence-electron chi connectivity index (χ4n) is 1.53. The molecular weight excluding hydrogens is 238 g/mol. The molecule has 0 saturated heterocycles. The smallest absolute Gasteiger partial charge is 0.251 e. The first-order valence-corrected chi connectivity index (χ1v) is 6.21. The Kier molecular flexibility index (Phi) is 5.84. The quantitative estimate of drug-likeness (QED) is 0.794. The maximum atomic E-state index is 11.9. The summed E-state index contributed by atoms with van der Waals surface area (Å²) in [7, 11) is 1.58. The van der Waals surface area contributed by atoms with E-state index in [1.54, 1.807) is 25.3 Å². The average Bonchev–Trinajstić information content (AvgIpc) is 2.36. The molecule has 0 spiro atoms. The number of hydrogen-bond acceptors (Lipinski definition) is 2. The van der Waals surface area contributed by atoms with E-state index >= 15 is 0 Å². The van der Waals surface area contributed by atoms with Crippen LogP contribution in [0.5, 0.6) is 5.75 Å². The fraction of sp³-hybridized carbons (Fsp3) is 0.462. The van der Waals surface area contributed by atoms with Crippen LogP contribution in [0.4, 0.5) is 0 Å². The van der Waals surface area contributed by atoms with E-state index < -0.39 is 0 Å². The van der Waals surface area contributed by atoms with Gasteiger partial charge in [0.05, 0.1) is 7.11 Å². The van der Waals surface area contributed by atoms with Crippen molar-refractivity contribution in [2.45, 2.75) is 25.8 Å². The van der Waals surface area contributed by atoms with Gasteiger partial charge < -0.3 is 10.1 Å². The molecular formula is C13H18ClNO2. The van der Waals surface area contributed by atoms with E-state index in [2.05, 4.69) is 5.32 Å². The number of amides is 1. The van der Waals surface area contributed by atoms with E-state index in [1.165, 1.54) is 0 Å². The highest BCUT2D eigenvalue weighted by Gasteiger charge is 2.09. The molecule has 3 nitrogen and oxygen atoms in total. The van der Waals surface area contributed by atoms with Gasteiger partial charge in [-0.2, -0.15) is 0 Å². The number of ether oxygens (including phenoxy) is 1. The number of benzene rings is 1. The number of carbonyl (C=O) groups is 1. The maximum Gasteiger partial charge on any atom is 0.251 e. The second-order valence-corrected chi connectivity index (χ2v) is 4.32. The zero-order valence-electron chi connectivity index (χ0n) is 10.2. The molecule has 0 aromatic heterocycles. The lowest BCUT2D eigenvalue weighted by Crippen LogP contribution is -2.32. The number of nitrogens with one attached hydrogen (secondary N) is 1. The Hall–Kier alpha value is -1.22. The van der Waals surface area contributed by atoms with Crippen molar-refractivity contribution in [1.82, 2.24) is 5.32 Å². The van der Waals surface area contributed by atoms with Gasteiger partial charge in [-0.3, -0.25) is 4.79 Å². The molecule has 1 unspecified atom stereocenters. The number of methoxy groups -OCH3 is 1. The van der Waals surface area contributed by atoms with Crippen LogP contribution in [0, 0.1) is 0 Å². The molecule has 1 aromatic carbocycles. The summed E-state index contributed by atoms with van der Waals surface area (Å²) in [5, 5.41) is 2.93. The van der Waals surface area contributed by atoms with Gasteiger partial charge in [-0.05, 0) is 38.0 Å². The molecule has 0 saturated carbocycles. The van der Waals surface area contributed by atoms with Crippen molar-refractivity contribution < 1.29 is 9.53 Å². The predicted molar refractivity (Wildman–Crippen MR) is 69.9 cm³/mol. The second-order valence-electron chi connectivity index (χ2n) is 3.94. The van der Waals surface area contributed by atoms with Crippen LogP contribution >= 0.6 is 11.6 Å². The van der Waals surface area contributed by atoms with Gasteiger partial charge >= 0.3 is 0 Å². The number of hydrogen-bond donors (Lipinski definition) is 1. The summed E-state index contributed by atoms with van der Waals surface area (Å²) < 4.78 is 5.08. The highest BCUT2D eigenvalue weighted by Crippen LogP contribution is 2.12. The van der Waals surface area contributed by atoms with E-state index in [4.69, 9.17) is 16.3 Å². The SMILES string of the molecule is COc1cccc(C(=O)NC(C)CCCCl)c1. The second kappa shape index (κ2) is 7.17. The molecule has 1 rings (SSSR count). The van der Waals surface area contributed by atoms with Crippen molar-refractivity contribution in [1.29, 1.82) is 0 Å². The largest absolute Gasteiger partial charge is 0.497 e. The van der Waals surface area contributed by atoms with Crippen LogP contribution in [0.2, 0.25) is 0 Å². The topological polar surface area (TPSA) is 38.3 Å². The van der Waals surface area contributed by atoms with Crippen molar-refractivity contribution in [2.24, 2.45) is 0 Å². The molecule has 0 aliphatic carbocycles. The van der Waals surface area contributed by atoms with Crippen molar-refractivity contribution >= 4 is 17.5 Å². The molecule has 0 radical (unpaired) electrons. The summed E-state index contributed by atoms with van der Waals surface area (Å²) in [5.41, 5.74) is 0.613. The Bertz CT molecular complexity index is 368. The highest BCUT2D eigenvalue weighted by molar-refractivity contribution is 6.17. The molecule has 1 atom stereocenters. The number of rotatable bonds is 6.